The van der Waals surface area contributed by atoms with Crippen LogP contribution in [0.25, 0.3) is 17.1 Å². The number of rotatable bonds is 8. The summed E-state index contributed by atoms with van der Waals surface area (Å²) in [6, 6.07) is 13.5. The SMILES string of the molecule is NC(=O)C1(C(Cc2ccc(F)cc2)NC(=O)c2cccnc2-n2ccc(-c3cccc(C(F)(F)F)c3)n2)OCCO1. The quantitative estimate of drug-likeness (QED) is 0.313. The van der Waals surface area contributed by atoms with E-state index in [9.17, 15) is 27.2 Å². The van der Waals surface area contributed by atoms with Crippen molar-refractivity contribution in [1.29, 1.82) is 0 Å². The Bertz CT molecular complexity index is 1570. The summed E-state index contributed by atoms with van der Waals surface area (Å²) in [6.07, 6.45) is -1.64. The van der Waals surface area contributed by atoms with E-state index in [0.717, 1.165) is 12.1 Å². The molecule has 2 amide bonds. The first-order valence-corrected chi connectivity index (χ1v) is 12.4. The predicted molar refractivity (Wildman–Crippen MR) is 137 cm³/mol. The van der Waals surface area contributed by atoms with Gasteiger partial charge in [0, 0.05) is 18.0 Å². The number of amides is 2. The highest BCUT2D eigenvalue weighted by atomic mass is 19.4. The number of hydrogen-bond donors (Lipinski definition) is 2. The van der Waals surface area contributed by atoms with E-state index in [1.807, 2.05) is 0 Å². The number of benzene rings is 2. The fourth-order valence-corrected chi connectivity index (χ4v) is 4.52. The molecule has 3 N–H and O–H groups in total. The molecule has 2 aromatic carbocycles. The summed E-state index contributed by atoms with van der Waals surface area (Å²) in [4.78, 5) is 30.4. The highest BCUT2D eigenvalue weighted by molar-refractivity contribution is 5.98. The lowest BCUT2D eigenvalue weighted by atomic mass is 9.97. The molecule has 13 heteroatoms. The van der Waals surface area contributed by atoms with E-state index in [1.165, 1.54) is 71.7 Å². The molecule has 212 valence electrons. The molecule has 4 aromatic rings. The average Bonchev–Trinajstić information content (AvgIpc) is 3.65. The van der Waals surface area contributed by atoms with Gasteiger partial charge in [0.25, 0.3) is 17.6 Å². The highest BCUT2D eigenvalue weighted by Crippen LogP contribution is 2.32. The number of carbonyl (C=O) groups is 2. The van der Waals surface area contributed by atoms with Crippen molar-refractivity contribution in [2.75, 3.05) is 13.2 Å². The molecule has 0 aliphatic carbocycles. The van der Waals surface area contributed by atoms with Crippen molar-refractivity contribution in [3.8, 4) is 17.1 Å². The minimum atomic E-state index is -4.52. The Balaban J connectivity index is 1.46. The fraction of sp³-hybridized carbons (Fsp3) is 0.214. The van der Waals surface area contributed by atoms with Crippen LogP contribution in [-0.2, 0) is 26.9 Å². The molecule has 0 spiro atoms. The summed E-state index contributed by atoms with van der Waals surface area (Å²) in [7, 11) is 0. The van der Waals surface area contributed by atoms with Gasteiger partial charge in [-0.3, -0.25) is 9.59 Å². The number of ether oxygens (including phenoxy) is 2. The Morgan fingerprint density at radius 1 is 1.05 bits per heavy atom. The number of nitrogens with one attached hydrogen (secondary N) is 1. The lowest BCUT2D eigenvalue weighted by Gasteiger charge is -2.33. The van der Waals surface area contributed by atoms with Gasteiger partial charge in [0.15, 0.2) is 5.82 Å². The number of nitrogens with two attached hydrogens (primary N) is 1. The van der Waals surface area contributed by atoms with E-state index in [4.69, 9.17) is 15.2 Å². The molecule has 0 bridgehead atoms. The summed E-state index contributed by atoms with van der Waals surface area (Å²) in [5, 5.41) is 7.08. The van der Waals surface area contributed by atoms with Gasteiger partial charge in [-0.15, -0.1) is 0 Å². The minimum Gasteiger partial charge on any atom is -0.365 e. The Hall–Kier alpha value is -4.62. The van der Waals surface area contributed by atoms with Crippen LogP contribution in [0.1, 0.15) is 21.5 Å². The molecular weight excluding hydrogens is 546 g/mol. The standard InChI is InChI=1S/C28H23F4N5O4/c29-20-8-6-17(7-9-20)15-23(27(26(33)39)40-13-14-41-27)35-25(38)21-5-2-11-34-24(21)37-12-10-22(36-37)18-3-1-4-19(16-18)28(30,31)32/h1-12,16,23H,13-15H2,(H2,33,39)(H,35,38). The Kier molecular flexibility index (Phi) is 7.56. The zero-order valence-corrected chi connectivity index (χ0v) is 21.3. The lowest BCUT2D eigenvalue weighted by Crippen LogP contribution is -2.61. The number of nitrogens with zero attached hydrogens (tertiary/aromatic N) is 3. The van der Waals surface area contributed by atoms with Gasteiger partial charge in [-0.25, -0.2) is 14.1 Å². The molecule has 9 nitrogen and oxygen atoms in total. The van der Waals surface area contributed by atoms with Crippen LogP contribution in [0.2, 0.25) is 0 Å². The van der Waals surface area contributed by atoms with Crippen LogP contribution in [-0.4, -0.2) is 51.6 Å². The van der Waals surface area contributed by atoms with Gasteiger partial charge in [0.1, 0.15) is 5.82 Å². The Morgan fingerprint density at radius 3 is 2.46 bits per heavy atom. The van der Waals surface area contributed by atoms with Crippen molar-refractivity contribution in [3.05, 3.63) is 102 Å². The second-order valence-corrected chi connectivity index (χ2v) is 9.18. The molecule has 41 heavy (non-hydrogen) atoms. The van der Waals surface area contributed by atoms with Crippen molar-refractivity contribution in [3.63, 3.8) is 0 Å². The maximum absolute atomic E-state index is 13.6. The van der Waals surface area contributed by atoms with Crippen molar-refractivity contribution in [2.24, 2.45) is 5.73 Å². The largest absolute Gasteiger partial charge is 0.416 e. The number of hydrogen-bond acceptors (Lipinski definition) is 6. The number of pyridine rings is 1. The van der Waals surface area contributed by atoms with Crippen molar-refractivity contribution < 1.29 is 36.6 Å². The number of primary amides is 1. The number of halogens is 4. The van der Waals surface area contributed by atoms with Crippen LogP contribution in [0.3, 0.4) is 0 Å². The normalized spacial score (nSPS) is 15.4. The first-order chi connectivity index (χ1) is 19.6. The van der Waals surface area contributed by atoms with Crippen LogP contribution < -0.4 is 11.1 Å². The second-order valence-electron chi connectivity index (χ2n) is 9.18. The molecule has 2 aromatic heterocycles. The van der Waals surface area contributed by atoms with Gasteiger partial charge < -0.3 is 20.5 Å². The zero-order valence-electron chi connectivity index (χ0n) is 21.3. The van der Waals surface area contributed by atoms with Gasteiger partial charge >= 0.3 is 6.18 Å². The van der Waals surface area contributed by atoms with Gasteiger partial charge in [0.05, 0.1) is 36.1 Å². The topological polar surface area (TPSA) is 121 Å². The fourth-order valence-electron chi connectivity index (χ4n) is 4.52. The summed E-state index contributed by atoms with van der Waals surface area (Å²) in [5.41, 5.74) is 5.87. The van der Waals surface area contributed by atoms with Gasteiger partial charge in [-0.1, -0.05) is 24.3 Å². The molecule has 1 unspecified atom stereocenters. The monoisotopic (exact) mass is 569 g/mol. The van der Waals surface area contributed by atoms with Crippen molar-refractivity contribution >= 4 is 11.8 Å². The Morgan fingerprint density at radius 2 is 1.78 bits per heavy atom. The van der Waals surface area contributed by atoms with E-state index < -0.39 is 41.2 Å². The molecule has 0 saturated carbocycles. The number of aromatic nitrogens is 3. The van der Waals surface area contributed by atoms with E-state index in [0.29, 0.717) is 5.56 Å². The van der Waals surface area contributed by atoms with Crippen molar-refractivity contribution in [1.82, 2.24) is 20.1 Å². The van der Waals surface area contributed by atoms with Gasteiger partial charge in [-0.2, -0.15) is 18.3 Å². The van der Waals surface area contributed by atoms with Gasteiger partial charge in [-0.05, 0) is 54.4 Å². The molecule has 0 radical (unpaired) electrons. The summed E-state index contributed by atoms with van der Waals surface area (Å²) >= 11 is 0. The van der Waals surface area contributed by atoms with E-state index in [-0.39, 0.29) is 42.3 Å². The van der Waals surface area contributed by atoms with Crippen LogP contribution >= 0.6 is 0 Å². The van der Waals surface area contributed by atoms with Crippen molar-refractivity contribution in [2.45, 2.75) is 24.4 Å². The van der Waals surface area contributed by atoms with Crippen LogP contribution in [0.15, 0.2) is 79.1 Å². The third-order valence-electron chi connectivity index (χ3n) is 6.50. The molecule has 1 aliphatic rings. The molecule has 1 atom stereocenters. The zero-order chi connectivity index (χ0) is 29.2. The van der Waals surface area contributed by atoms with E-state index in [1.54, 1.807) is 0 Å². The molecular formula is C28H23F4N5O4. The van der Waals surface area contributed by atoms with Gasteiger partial charge in [0.2, 0.25) is 0 Å². The number of carbonyl (C=O) groups excluding carboxylic acids is 2. The average molecular weight is 570 g/mol. The molecule has 1 aliphatic heterocycles. The highest BCUT2D eigenvalue weighted by Gasteiger charge is 2.51. The van der Waals surface area contributed by atoms with Crippen LogP contribution in [0.5, 0.6) is 0 Å². The third kappa shape index (κ3) is 5.81. The first-order valence-electron chi connectivity index (χ1n) is 12.4. The molecule has 1 saturated heterocycles. The minimum absolute atomic E-state index is 0.00597. The molecule has 5 rings (SSSR count). The number of alkyl halides is 3. The smallest absolute Gasteiger partial charge is 0.365 e. The summed E-state index contributed by atoms with van der Waals surface area (Å²) < 4.78 is 65.5. The Labute approximate surface area is 230 Å². The summed E-state index contributed by atoms with van der Waals surface area (Å²) in [6.45, 7) is 0.116. The maximum atomic E-state index is 13.6. The molecule has 3 heterocycles. The maximum Gasteiger partial charge on any atom is 0.416 e. The summed E-state index contributed by atoms with van der Waals surface area (Å²) in [5.74, 6) is -4.00. The van der Waals surface area contributed by atoms with Crippen LogP contribution in [0.4, 0.5) is 17.6 Å². The lowest BCUT2D eigenvalue weighted by molar-refractivity contribution is -0.189. The third-order valence-corrected chi connectivity index (χ3v) is 6.50. The van der Waals surface area contributed by atoms with E-state index in [2.05, 4.69) is 15.4 Å². The second kappa shape index (κ2) is 11.1. The molecule has 1 fully saturated rings. The van der Waals surface area contributed by atoms with E-state index >= 15 is 0 Å². The van der Waals surface area contributed by atoms with Crippen LogP contribution in [0, 0.1) is 5.82 Å². The predicted octanol–water partition coefficient (Wildman–Crippen LogP) is 3.66. The first kappa shape index (κ1) is 27.9.